The topological polar surface area (TPSA) is 9.86 Å². The Morgan fingerprint density at radius 1 is 0.289 bits per heavy atom. The van der Waals surface area contributed by atoms with Gasteiger partial charge in [0.2, 0.25) is 0 Å². The molecule has 0 bridgehead atoms. The zero-order chi connectivity index (χ0) is 50.2. The van der Waals surface area contributed by atoms with Gasteiger partial charge in [-0.15, -0.1) is 0 Å². The van der Waals surface area contributed by atoms with E-state index in [1.807, 2.05) is 0 Å². The van der Waals surface area contributed by atoms with E-state index in [4.69, 9.17) is 0 Å². The fourth-order valence-electron chi connectivity index (χ4n) is 13.5. The Kier molecular flexibility index (Phi) is 10.3. The Hall–Kier alpha value is -9.33. The van der Waals surface area contributed by atoms with Crippen molar-refractivity contribution in [2.75, 3.05) is 0 Å². The Morgan fingerprint density at radius 2 is 0.750 bits per heavy atom. The van der Waals surface area contributed by atoms with Crippen molar-refractivity contribution in [2.24, 2.45) is 0 Å². The maximum absolute atomic E-state index is 2.80. The molecule has 0 unspecified atom stereocenters. The first kappa shape index (κ1) is 44.2. The molecule has 0 N–H and O–H groups in total. The second kappa shape index (κ2) is 17.7. The zero-order valence-corrected chi connectivity index (χ0v) is 43.8. The molecule has 0 aliphatic carbocycles. The summed E-state index contributed by atoms with van der Waals surface area (Å²) in [6.45, 7) is 0. The van der Waals surface area contributed by atoms with Gasteiger partial charge in [-0.05, 0) is 106 Å². The molecule has 2 nitrogen and oxygen atoms in total. The third-order valence-electron chi connectivity index (χ3n) is 16.6. The molecule has 3 heterocycles. The average Bonchev–Trinajstić information content (AvgIpc) is 4.20. The maximum atomic E-state index is 2.55. The first-order valence-electron chi connectivity index (χ1n) is 26.4. The van der Waals surface area contributed by atoms with Crippen LogP contribution in [0.25, 0.3) is 77.2 Å². The lowest BCUT2D eigenvalue weighted by Gasteiger charge is -2.34. The molecule has 15 rings (SSSR count). The van der Waals surface area contributed by atoms with Crippen molar-refractivity contribution < 1.29 is 0 Å². The predicted molar refractivity (Wildman–Crippen MR) is 327 cm³/mol. The van der Waals surface area contributed by atoms with Crippen LogP contribution in [-0.4, -0.2) is 25.3 Å². The molecule has 14 aromatic rings. The predicted octanol–water partition coefficient (Wildman–Crippen LogP) is 12.3. The minimum atomic E-state index is -2.80. The van der Waals surface area contributed by atoms with Gasteiger partial charge >= 0.3 is 0 Å². The van der Waals surface area contributed by atoms with Crippen molar-refractivity contribution in [1.82, 2.24) is 9.13 Å². The first-order chi connectivity index (χ1) is 37.7. The Bertz CT molecular complexity index is 4350. The minimum Gasteiger partial charge on any atom is -0.309 e. The van der Waals surface area contributed by atoms with Crippen molar-refractivity contribution >= 4 is 101 Å². The van der Waals surface area contributed by atoms with E-state index < -0.39 is 16.1 Å². The number of aromatic nitrogens is 2. The molecule has 0 radical (unpaired) electrons. The summed E-state index contributed by atoms with van der Waals surface area (Å²) in [5, 5.41) is 16.1. The van der Waals surface area contributed by atoms with E-state index in [9.17, 15) is 0 Å². The fraction of sp³-hybridized carbons (Fsp3) is 0. The van der Waals surface area contributed by atoms with E-state index in [1.165, 1.54) is 113 Å². The molecule has 0 amide bonds. The van der Waals surface area contributed by atoms with Gasteiger partial charge in [0.05, 0.1) is 27.8 Å². The third kappa shape index (κ3) is 6.38. The summed E-state index contributed by atoms with van der Waals surface area (Å²) in [5.74, 6) is 0. The van der Waals surface area contributed by atoms with Gasteiger partial charge in [-0.3, -0.25) is 0 Å². The number of hydrogen-bond acceptors (Lipinski definition) is 0. The average molecular weight is 999 g/mol. The van der Waals surface area contributed by atoms with Crippen molar-refractivity contribution in [3.05, 3.63) is 303 Å². The van der Waals surface area contributed by atoms with Crippen LogP contribution < -0.4 is 41.5 Å². The van der Waals surface area contributed by atoms with Crippen LogP contribution in [0.1, 0.15) is 0 Å². The molecular formula is C72H50N2Si2. The Labute approximate surface area is 444 Å². The Balaban J connectivity index is 0.947. The van der Waals surface area contributed by atoms with Crippen molar-refractivity contribution in [3.63, 3.8) is 0 Å². The standard InChI is InChI=1S/C72H50N2Si2/c1-6-24-53(25-7-1)75(54-26-8-2-9-27-54,55-28-10-3-11-29-55)58-47-45-52(46-48-58)73-66-40-20-17-36-64(66)71-67(73)41-23-42-68(71)74-65-39-19-16-34-60(65)61-49-44-51(50-69(61)74)59-37-22-38-63-62-35-18-21-43-70(62)76(72(59)63,56-30-12-4-13-31-56)57-32-14-5-15-33-57/h1-50H. The van der Waals surface area contributed by atoms with Crippen molar-refractivity contribution in [3.8, 4) is 33.6 Å². The van der Waals surface area contributed by atoms with Crippen LogP contribution in [0.4, 0.5) is 0 Å². The van der Waals surface area contributed by atoms with Crippen LogP contribution in [0, 0.1) is 0 Å². The Morgan fingerprint density at radius 3 is 1.38 bits per heavy atom. The zero-order valence-electron chi connectivity index (χ0n) is 41.8. The summed E-state index contributed by atoms with van der Waals surface area (Å²) in [5.41, 5.74) is 12.2. The lowest BCUT2D eigenvalue weighted by Crippen LogP contribution is -2.74. The summed E-state index contributed by atoms with van der Waals surface area (Å²) in [6, 6.07) is 114. The van der Waals surface area contributed by atoms with Crippen molar-refractivity contribution in [1.29, 1.82) is 0 Å². The molecule has 0 saturated carbocycles. The molecule has 4 heteroatoms. The van der Waals surface area contributed by atoms with Gasteiger partial charge in [-0.2, -0.15) is 0 Å². The summed E-state index contributed by atoms with van der Waals surface area (Å²) >= 11 is 0. The van der Waals surface area contributed by atoms with Crippen LogP contribution in [0.15, 0.2) is 303 Å². The summed E-state index contributed by atoms with van der Waals surface area (Å²) < 4.78 is 5.03. The molecule has 0 fully saturated rings. The van der Waals surface area contributed by atoms with Gasteiger partial charge in [0, 0.05) is 27.2 Å². The molecule has 76 heavy (non-hydrogen) atoms. The molecule has 0 atom stereocenters. The number of para-hydroxylation sites is 2. The van der Waals surface area contributed by atoms with Gasteiger partial charge in [-0.25, -0.2) is 0 Å². The normalized spacial score (nSPS) is 12.8. The summed E-state index contributed by atoms with van der Waals surface area (Å²) in [4.78, 5) is 0. The highest BCUT2D eigenvalue weighted by atomic mass is 28.3. The smallest absolute Gasteiger partial charge is 0.181 e. The highest BCUT2D eigenvalue weighted by Gasteiger charge is 2.50. The van der Waals surface area contributed by atoms with E-state index >= 15 is 0 Å². The molecule has 356 valence electrons. The highest BCUT2D eigenvalue weighted by Crippen LogP contribution is 2.42. The molecule has 1 aliphatic heterocycles. The van der Waals surface area contributed by atoms with Crippen LogP contribution in [0.5, 0.6) is 0 Å². The number of fused-ring (bicyclic) bond motifs is 9. The highest BCUT2D eigenvalue weighted by molar-refractivity contribution is 7.22. The SMILES string of the molecule is c1ccc([Si](c2ccccc2)(c2ccccc2)c2ccc(-n3c4ccccc4c4c(-n5c6ccccc6c6ccc(-c7cccc8c7[Si](c7ccccc7)(c7ccccc7)c7ccccc7-8)cc65)cccc43)cc2)cc1. The third-order valence-corrected chi connectivity index (χ3v) is 26.3. The van der Waals surface area contributed by atoms with E-state index in [0.717, 1.165) is 5.69 Å². The minimum absolute atomic E-state index is 1.14. The number of hydrogen-bond donors (Lipinski definition) is 0. The van der Waals surface area contributed by atoms with Gasteiger partial charge in [0.1, 0.15) is 0 Å². The summed E-state index contributed by atoms with van der Waals surface area (Å²) in [7, 11) is -5.52. The van der Waals surface area contributed by atoms with Crippen LogP contribution >= 0.6 is 0 Å². The van der Waals surface area contributed by atoms with Gasteiger partial charge in [0.25, 0.3) is 0 Å². The van der Waals surface area contributed by atoms with E-state index in [-0.39, 0.29) is 0 Å². The van der Waals surface area contributed by atoms with Crippen LogP contribution in [0.3, 0.4) is 0 Å². The number of rotatable bonds is 9. The molecule has 1 aliphatic rings. The molecular weight excluding hydrogens is 949 g/mol. The number of benzene rings is 12. The van der Waals surface area contributed by atoms with E-state index in [1.54, 1.807) is 0 Å². The lowest BCUT2D eigenvalue weighted by atomic mass is 9.98. The van der Waals surface area contributed by atoms with Crippen molar-refractivity contribution in [2.45, 2.75) is 0 Å². The molecule has 0 spiro atoms. The summed E-state index contributed by atoms with van der Waals surface area (Å²) in [6.07, 6.45) is 0. The lowest BCUT2D eigenvalue weighted by molar-refractivity contribution is 1.17. The molecule has 12 aromatic carbocycles. The van der Waals surface area contributed by atoms with Crippen LogP contribution in [-0.2, 0) is 0 Å². The quantitative estimate of drug-likeness (QED) is 0.101. The van der Waals surface area contributed by atoms with Gasteiger partial charge < -0.3 is 9.13 Å². The van der Waals surface area contributed by atoms with E-state index in [0.29, 0.717) is 0 Å². The first-order valence-corrected chi connectivity index (χ1v) is 30.4. The monoisotopic (exact) mass is 998 g/mol. The molecule has 2 aromatic heterocycles. The largest absolute Gasteiger partial charge is 0.309 e. The second-order valence-corrected chi connectivity index (χ2v) is 27.8. The number of nitrogens with zero attached hydrogens (tertiary/aromatic N) is 2. The maximum Gasteiger partial charge on any atom is 0.181 e. The molecule has 0 saturated heterocycles. The van der Waals surface area contributed by atoms with E-state index in [2.05, 4.69) is 312 Å². The fourth-order valence-corrected chi connectivity index (χ4v) is 23.7. The van der Waals surface area contributed by atoms with Crippen LogP contribution in [0.2, 0.25) is 0 Å². The van der Waals surface area contributed by atoms with Gasteiger partial charge in [0.15, 0.2) is 16.1 Å². The second-order valence-electron chi connectivity index (χ2n) is 20.3. The van der Waals surface area contributed by atoms with Gasteiger partial charge in [-0.1, -0.05) is 261 Å².